The fraction of sp³-hybridized carbons (Fsp3) is 0.941. The van der Waals surface area contributed by atoms with Gasteiger partial charge in [0.05, 0.1) is 0 Å². The summed E-state index contributed by atoms with van der Waals surface area (Å²) >= 11 is 0. The van der Waals surface area contributed by atoms with Gasteiger partial charge in [0.25, 0.3) is 0 Å². The lowest BCUT2D eigenvalue weighted by atomic mass is 10.0. The molecule has 0 unspecified atom stereocenters. The Morgan fingerprint density at radius 2 is 1.14 bits per heavy atom. The number of rotatable bonds is 16. The van der Waals surface area contributed by atoms with Crippen molar-refractivity contribution in [2.45, 2.75) is 96.8 Å². The van der Waals surface area contributed by atoms with E-state index in [9.17, 15) is 4.79 Å². The van der Waals surface area contributed by atoms with Crippen LogP contribution >= 0.6 is 0 Å². The number of unbranched alkanes of at least 4 members (excludes halogenated alkanes) is 13. The van der Waals surface area contributed by atoms with Crippen LogP contribution < -0.4 is 22.1 Å². The maximum absolute atomic E-state index is 10.7. The van der Waals surface area contributed by atoms with Crippen molar-refractivity contribution in [2.75, 3.05) is 6.54 Å². The van der Waals surface area contributed by atoms with Crippen molar-refractivity contribution in [1.82, 2.24) is 16.3 Å². The number of hydrogen-bond donors (Lipinski definition) is 4. The van der Waals surface area contributed by atoms with Gasteiger partial charge in [0.2, 0.25) is 0 Å². The molecule has 0 aromatic heterocycles. The van der Waals surface area contributed by atoms with Crippen LogP contribution in [0.15, 0.2) is 0 Å². The molecule has 0 aromatic carbocycles. The van der Waals surface area contributed by atoms with E-state index in [1.165, 1.54) is 83.5 Å². The lowest BCUT2D eigenvalue weighted by Gasteiger charge is -2.06. The molecule has 0 fully saturated rings. The van der Waals surface area contributed by atoms with Crippen LogP contribution in [0.2, 0.25) is 0 Å². The van der Waals surface area contributed by atoms with Crippen LogP contribution in [0.1, 0.15) is 96.8 Å². The Balaban J connectivity index is 2.98. The average Bonchev–Trinajstić information content (AvgIpc) is 2.54. The molecule has 0 radical (unpaired) electrons. The third-order valence-corrected chi connectivity index (χ3v) is 3.99. The molecule has 132 valence electrons. The van der Waals surface area contributed by atoms with E-state index in [0.29, 0.717) is 0 Å². The Morgan fingerprint density at radius 1 is 0.727 bits per heavy atom. The fourth-order valence-corrected chi connectivity index (χ4v) is 2.59. The summed E-state index contributed by atoms with van der Waals surface area (Å²) in [5.74, 6) is 4.94. The van der Waals surface area contributed by atoms with Crippen molar-refractivity contribution in [3.63, 3.8) is 0 Å². The van der Waals surface area contributed by atoms with Gasteiger partial charge in [-0.25, -0.2) is 16.1 Å². The molecule has 0 spiro atoms. The second-order valence-corrected chi connectivity index (χ2v) is 6.12. The molecular weight excluding hydrogens is 276 g/mol. The van der Waals surface area contributed by atoms with E-state index in [-0.39, 0.29) is 0 Å². The largest absolute Gasteiger partial charge is 0.343 e. The molecule has 0 atom stereocenters. The van der Waals surface area contributed by atoms with Crippen LogP contribution in [0, 0.1) is 0 Å². The van der Waals surface area contributed by atoms with Gasteiger partial charge in [-0.3, -0.25) is 10.9 Å². The summed E-state index contributed by atoms with van der Waals surface area (Å²) in [6.45, 7) is 3.07. The summed E-state index contributed by atoms with van der Waals surface area (Å²) in [6.07, 6.45) is 19.0. The highest BCUT2D eigenvalue weighted by Crippen LogP contribution is 2.12. The van der Waals surface area contributed by atoms with Crippen molar-refractivity contribution in [3.8, 4) is 0 Å². The van der Waals surface area contributed by atoms with Gasteiger partial charge in [-0.2, -0.15) is 0 Å². The van der Waals surface area contributed by atoms with Crippen LogP contribution in [0.4, 0.5) is 4.79 Å². The predicted molar refractivity (Wildman–Crippen MR) is 94.2 cm³/mol. The van der Waals surface area contributed by atoms with E-state index in [4.69, 9.17) is 5.84 Å². The highest BCUT2D eigenvalue weighted by atomic mass is 16.2. The number of hydrazine groups is 2. The first-order valence-corrected chi connectivity index (χ1v) is 9.30. The standard InChI is InChI=1S/C17H38N4O/c1-2-3-4-5-6-7-8-9-10-11-12-13-14-15-16-19-21-17(22)20-18/h19H,2-16,18H2,1H3,(H2,20,21,22). The van der Waals surface area contributed by atoms with Gasteiger partial charge >= 0.3 is 6.03 Å². The van der Waals surface area contributed by atoms with Gasteiger partial charge in [0.15, 0.2) is 0 Å². The molecule has 0 heterocycles. The van der Waals surface area contributed by atoms with E-state index in [2.05, 4.69) is 17.8 Å². The molecule has 5 nitrogen and oxygen atoms in total. The van der Waals surface area contributed by atoms with Crippen LogP contribution in [-0.2, 0) is 0 Å². The fourth-order valence-electron chi connectivity index (χ4n) is 2.59. The van der Waals surface area contributed by atoms with Gasteiger partial charge in [0, 0.05) is 6.54 Å². The minimum absolute atomic E-state index is 0.398. The van der Waals surface area contributed by atoms with Gasteiger partial charge in [0.1, 0.15) is 0 Å². The smallest absolute Gasteiger partial charge is 0.275 e. The molecule has 0 saturated carbocycles. The molecule has 0 aliphatic rings. The van der Waals surface area contributed by atoms with E-state index in [1.807, 2.05) is 5.43 Å². The summed E-state index contributed by atoms with van der Waals surface area (Å²) in [4.78, 5) is 10.7. The van der Waals surface area contributed by atoms with E-state index in [0.717, 1.165) is 13.0 Å². The number of carbonyl (C=O) groups excluding carboxylic acids is 1. The van der Waals surface area contributed by atoms with Gasteiger partial charge in [-0.05, 0) is 6.42 Å². The topological polar surface area (TPSA) is 79.2 Å². The van der Waals surface area contributed by atoms with Gasteiger partial charge in [-0.15, -0.1) is 0 Å². The highest BCUT2D eigenvalue weighted by Gasteiger charge is 1.95. The number of nitrogens with two attached hydrogens (primary N) is 1. The molecule has 0 bridgehead atoms. The summed E-state index contributed by atoms with van der Waals surface area (Å²) in [5, 5.41) is 0. The molecule has 5 N–H and O–H groups in total. The Bertz CT molecular complexity index is 237. The highest BCUT2D eigenvalue weighted by molar-refractivity contribution is 5.72. The maximum Gasteiger partial charge on any atom is 0.343 e. The lowest BCUT2D eigenvalue weighted by Crippen LogP contribution is -2.47. The summed E-state index contributed by atoms with van der Waals surface area (Å²) in [7, 11) is 0. The third kappa shape index (κ3) is 17.2. The molecule has 0 aliphatic heterocycles. The normalized spacial score (nSPS) is 10.6. The second-order valence-electron chi connectivity index (χ2n) is 6.12. The van der Waals surface area contributed by atoms with Crippen molar-refractivity contribution < 1.29 is 4.79 Å². The van der Waals surface area contributed by atoms with Crippen molar-refractivity contribution >= 4 is 6.03 Å². The first kappa shape index (κ1) is 21.2. The van der Waals surface area contributed by atoms with Crippen LogP contribution in [0.5, 0.6) is 0 Å². The molecule has 0 aromatic rings. The molecule has 2 amide bonds. The quantitative estimate of drug-likeness (QED) is 0.150. The number of nitrogens with one attached hydrogen (secondary N) is 3. The monoisotopic (exact) mass is 314 g/mol. The number of carbonyl (C=O) groups is 1. The van der Waals surface area contributed by atoms with Gasteiger partial charge in [-0.1, -0.05) is 90.4 Å². The Morgan fingerprint density at radius 3 is 1.55 bits per heavy atom. The predicted octanol–water partition coefficient (Wildman–Crippen LogP) is 4.15. The summed E-state index contributed by atoms with van der Waals surface area (Å²) in [6, 6.07) is -0.398. The van der Waals surface area contributed by atoms with Crippen molar-refractivity contribution in [1.29, 1.82) is 0 Å². The zero-order chi connectivity index (χ0) is 16.3. The van der Waals surface area contributed by atoms with Gasteiger partial charge < -0.3 is 0 Å². The molecule has 0 aliphatic carbocycles. The number of hydrogen-bond acceptors (Lipinski definition) is 3. The van der Waals surface area contributed by atoms with Crippen LogP contribution in [0.3, 0.4) is 0 Å². The first-order valence-electron chi connectivity index (χ1n) is 9.30. The summed E-state index contributed by atoms with van der Waals surface area (Å²) in [5.41, 5.74) is 7.30. The van der Waals surface area contributed by atoms with E-state index < -0.39 is 6.03 Å². The zero-order valence-corrected chi connectivity index (χ0v) is 14.6. The van der Waals surface area contributed by atoms with E-state index in [1.54, 1.807) is 0 Å². The first-order chi connectivity index (χ1) is 10.8. The maximum atomic E-state index is 10.7. The molecular formula is C17H38N4O. The summed E-state index contributed by atoms with van der Waals surface area (Å²) < 4.78 is 0. The lowest BCUT2D eigenvalue weighted by molar-refractivity contribution is 0.236. The Kier molecular flexibility index (Phi) is 17.6. The number of urea groups is 1. The zero-order valence-electron chi connectivity index (χ0n) is 14.6. The molecule has 5 heteroatoms. The third-order valence-electron chi connectivity index (χ3n) is 3.99. The minimum atomic E-state index is -0.398. The SMILES string of the molecule is CCCCCCCCCCCCCCCCNNC(=O)NN. The Hall–Kier alpha value is -0.810. The Labute approximate surface area is 137 Å². The minimum Gasteiger partial charge on any atom is -0.275 e. The van der Waals surface area contributed by atoms with Crippen molar-refractivity contribution in [3.05, 3.63) is 0 Å². The second kappa shape index (κ2) is 18.2. The van der Waals surface area contributed by atoms with Crippen molar-refractivity contribution in [2.24, 2.45) is 5.84 Å². The average molecular weight is 315 g/mol. The van der Waals surface area contributed by atoms with E-state index >= 15 is 0 Å². The molecule has 0 saturated heterocycles. The van der Waals surface area contributed by atoms with Crippen LogP contribution in [-0.4, -0.2) is 12.6 Å². The number of amides is 2. The molecule has 0 rings (SSSR count). The van der Waals surface area contributed by atoms with Crippen LogP contribution in [0.25, 0.3) is 0 Å². The molecule has 22 heavy (non-hydrogen) atoms.